The Labute approximate surface area is 251 Å². The number of amides is 1. The zero-order valence-corrected chi connectivity index (χ0v) is 26.5. The number of halogens is 1. The zero-order chi connectivity index (χ0) is 30.0. The van der Waals surface area contributed by atoms with Crippen LogP contribution in [0.5, 0.6) is 0 Å². The molecule has 12 atom stereocenters. The fourth-order valence-corrected chi connectivity index (χ4v) is 12.9. The Bertz CT molecular complexity index is 1270. The minimum atomic E-state index is -0.537. The van der Waals surface area contributed by atoms with Crippen molar-refractivity contribution in [3.8, 4) is 0 Å². The number of ether oxygens (including phenoxy) is 1. The standard InChI is InChI=1S/C36H52FNO4/c1-21-16-25(19-38(22(2)39)18-23-8-7-9-24(37)17-23)42-30-29(21)33(5)14-15-36-20-35(36)13-12-28(40)32(3,4)26(35)10-11-27(36)34(33,6)31(30)41/h7-9,17,21,25-31,40-41H,10-16,18-20H2,1-6H3/t21-,25?,26+,27?,28+,29+,30?,31+,33-,34-,35-,36+/m1/s1. The van der Waals surface area contributed by atoms with Gasteiger partial charge in [0.25, 0.3) is 0 Å². The highest BCUT2D eigenvalue weighted by atomic mass is 19.1. The third kappa shape index (κ3) is 3.61. The maximum Gasteiger partial charge on any atom is 0.219 e. The van der Waals surface area contributed by atoms with Gasteiger partial charge in [-0.1, -0.05) is 46.8 Å². The molecule has 7 rings (SSSR count). The van der Waals surface area contributed by atoms with Gasteiger partial charge < -0.3 is 19.8 Å². The number of rotatable bonds is 4. The van der Waals surface area contributed by atoms with E-state index < -0.39 is 6.10 Å². The minimum Gasteiger partial charge on any atom is -0.393 e. The molecule has 1 amide bonds. The molecule has 1 aliphatic heterocycles. The fraction of sp³-hybridized carbons (Fsp3) is 0.806. The van der Waals surface area contributed by atoms with E-state index in [2.05, 4.69) is 34.6 Å². The largest absolute Gasteiger partial charge is 0.393 e. The summed E-state index contributed by atoms with van der Waals surface area (Å²) in [7, 11) is 0. The monoisotopic (exact) mass is 581 g/mol. The van der Waals surface area contributed by atoms with E-state index in [0.717, 1.165) is 44.1 Å². The molecule has 1 aromatic carbocycles. The van der Waals surface area contributed by atoms with Crippen LogP contribution in [0.2, 0.25) is 0 Å². The first-order chi connectivity index (χ1) is 19.7. The van der Waals surface area contributed by atoms with Crippen LogP contribution in [0.3, 0.4) is 0 Å². The maximum atomic E-state index is 13.9. The van der Waals surface area contributed by atoms with Gasteiger partial charge in [-0.05, 0) is 114 Å². The first kappa shape index (κ1) is 29.2. The van der Waals surface area contributed by atoms with Crippen LogP contribution in [0.15, 0.2) is 24.3 Å². The van der Waals surface area contributed by atoms with Gasteiger partial charge in [0, 0.05) is 25.4 Å². The summed E-state index contributed by atoms with van der Waals surface area (Å²) in [6.45, 7) is 14.2. The molecular weight excluding hydrogens is 529 g/mol. The van der Waals surface area contributed by atoms with Gasteiger partial charge in [-0.3, -0.25) is 4.79 Å². The van der Waals surface area contributed by atoms with Crippen LogP contribution < -0.4 is 0 Å². The Kier molecular flexibility index (Phi) is 6.45. The molecule has 3 unspecified atom stereocenters. The van der Waals surface area contributed by atoms with Crippen molar-refractivity contribution in [3.63, 3.8) is 0 Å². The number of aliphatic hydroxyl groups is 2. The smallest absolute Gasteiger partial charge is 0.219 e. The van der Waals surface area contributed by atoms with Crippen LogP contribution in [0.4, 0.5) is 4.39 Å². The second kappa shape index (κ2) is 9.26. The molecule has 232 valence electrons. The Morgan fingerprint density at radius 3 is 2.48 bits per heavy atom. The molecular formula is C36H52FNO4. The molecule has 1 saturated heterocycles. The summed E-state index contributed by atoms with van der Waals surface area (Å²) in [4.78, 5) is 14.4. The molecule has 6 fully saturated rings. The zero-order valence-electron chi connectivity index (χ0n) is 26.5. The molecule has 0 radical (unpaired) electrons. The lowest BCUT2D eigenvalue weighted by Gasteiger charge is -2.63. The van der Waals surface area contributed by atoms with E-state index in [-0.39, 0.29) is 57.6 Å². The lowest BCUT2D eigenvalue weighted by Crippen LogP contribution is -2.59. The third-order valence-corrected chi connectivity index (χ3v) is 15.0. The lowest BCUT2D eigenvalue weighted by atomic mass is 9.41. The Hall–Kier alpha value is -1.50. The molecule has 0 aromatic heterocycles. The number of carbonyl (C=O) groups excluding carboxylic acids is 1. The SMILES string of the molecule is CC(=O)N(Cc1cccc(F)c1)CC1C[C@@H](C)[C@H]2C(O1)[C@H](O)[C@@]1(C)C3CC[C@H]4C(C)(C)[C@@H](O)CC[C@@]45C[C@@]35CC[C@]21C. The van der Waals surface area contributed by atoms with Crippen LogP contribution in [0.1, 0.15) is 98.5 Å². The maximum absolute atomic E-state index is 13.9. The average Bonchev–Trinajstić information content (AvgIpc) is 3.55. The number of hydrogen-bond donors (Lipinski definition) is 2. The highest BCUT2D eigenvalue weighted by Crippen LogP contribution is 2.89. The molecule has 1 aromatic rings. The summed E-state index contributed by atoms with van der Waals surface area (Å²) >= 11 is 0. The van der Waals surface area contributed by atoms with Crippen molar-refractivity contribution in [1.29, 1.82) is 0 Å². The van der Waals surface area contributed by atoms with Gasteiger partial charge in [0.2, 0.25) is 5.91 Å². The van der Waals surface area contributed by atoms with Crippen molar-refractivity contribution >= 4 is 5.91 Å². The quantitative estimate of drug-likeness (QED) is 0.435. The summed E-state index contributed by atoms with van der Waals surface area (Å²) in [5, 5.41) is 23.4. The summed E-state index contributed by atoms with van der Waals surface area (Å²) in [5.74, 6) is 1.36. The first-order valence-electron chi connectivity index (χ1n) is 16.7. The summed E-state index contributed by atoms with van der Waals surface area (Å²) in [6.07, 6.45) is 7.69. The Morgan fingerprint density at radius 2 is 1.76 bits per heavy atom. The molecule has 1 heterocycles. The van der Waals surface area contributed by atoms with Crippen molar-refractivity contribution in [2.24, 2.45) is 50.7 Å². The van der Waals surface area contributed by atoms with Crippen LogP contribution in [-0.2, 0) is 16.1 Å². The number of hydrogen-bond acceptors (Lipinski definition) is 4. The molecule has 2 spiro atoms. The highest BCUT2D eigenvalue weighted by molar-refractivity contribution is 5.73. The third-order valence-electron chi connectivity index (χ3n) is 15.0. The second-order valence-corrected chi connectivity index (χ2v) is 16.7. The number of benzene rings is 1. The van der Waals surface area contributed by atoms with E-state index in [9.17, 15) is 19.4 Å². The van der Waals surface area contributed by atoms with Crippen molar-refractivity contribution in [2.75, 3.05) is 6.54 Å². The van der Waals surface area contributed by atoms with Crippen molar-refractivity contribution in [2.45, 2.75) is 124 Å². The predicted octanol–water partition coefficient (Wildman–Crippen LogP) is 6.35. The molecule has 5 aliphatic carbocycles. The van der Waals surface area contributed by atoms with Crippen LogP contribution in [-0.4, -0.2) is 52.0 Å². The normalized spacial score (nSPS) is 50.0. The van der Waals surface area contributed by atoms with Crippen LogP contribution in [0.25, 0.3) is 0 Å². The fourth-order valence-electron chi connectivity index (χ4n) is 12.9. The minimum absolute atomic E-state index is 0.000466. The van der Waals surface area contributed by atoms with Crippen LogP contribution >= 0.6 is 0 Å². The van der Waals surface area contributed by atoms with Gasteiger partial charge in [0.05, 0.1) is 24.4 Å². The topological polar surface area (TPSA) is 70.0 Å². The van der Waals surface area contributed by atoms with Gasteiger partial charge in [-0.15, -0.1) is 0 Å². The molecule has 6 heteroatoms. The van der Waals surface area contributed by atoms with Gasteiger partial charge in [0.1, 0.15) is 5.82 Å². The van der Waals surface area contributed by atoms with E-state index in [4.69, 9.17) is 4.74 Å². The van der Waals surface area contributed by atoms with Gasteiger partial charge >= 0.3 is 0 Å². The van der Waals surface area contributed by atoms with Gasteiger partial charge in [0.15, 0.2) is 0 Å². The number of nitrogens with zero attached hydrogens (tertiary/aromatic N) is 1. The highest BCUT2D eigenvalue weighted by Gasteiger charge is 2.84. The van der Waals surface area contributed by atoms with Crippen LogP contribution in [0, 0.1) is 56.6 Å². The second-order valence-electron chi connectivity index (χ2n) is 16.7. The molecule has 5 saturated carbocycles. The van der Waals surface area contributed by atoms with E-state index >= 15 is 0 Å². The number of fused-ring (bicyclic) bond motifs is 4. The Morgan fingerprint density at radius 1 is 1.05 bits per heavy atom. The van der Waals surface area contributed by atoms with E-state index in [0.29, 0.717) is 36.3 Å². The average molecular weight is 582 g/mol. The lowest BCUT2D eigenvalue weighted by molar-refractivity contribution is -0.182. The van der Waals surface area contributed by atoms with E-state index in [1.54, 1.807) is 17.9 Å². The van der Waals surface area contributed by atoms with Gasteiger partial charge in [-0.2, -0.15) is 0 Å². The molecule has 2 N–H and O–H groups in total. The molecule has 6 aliphatic rings. The Balaban J connectivity index is 1.15. The van der Waals surface area contributed by atoms with Crippen molar-refractivity contribution in [1.82, 2.24) is 4.90 Å². The summed E-state index contributed by atoms with van der Waals surface area (Å²) in [6, 6.07) is 6.46. The number of carbonyl (C=O) groups is 1. The molecule has 0 bridgehead atoms. The summed E-state index contributed by atoms with van der Waals surface area (Å²) in [5.41, 5.74) is 1.12. The predicted molar refractivity (Wildman–Crippen MR) is 160 cm³/mol. The molecule has 42 heavy (non-hydrogen) atoms. The van der Waals surface area contributed by atoms with Crippen molar-refractivity contribution in [3.05, 3.63) is 35.6 Å². The number of aliphatic hydroxyl groups excluding tert-OH is 2. The van der Waals surface area contributed by atoms with E-state index in [1.165, 1.54) is 25.0 Å². The summed E-state index contributed by atoms with van der Waals surface area (Å²) < 4.78 is 20.7. The van der Waals surface area contributed by atoms with Crippen molar-refractivity contribution < 1.29 is 24.1 Å². The first-order valence-corrected chi connectivity index (χ1v) is 16.7. The van der Waals surface area contributed by atoms with Gasteiger partial charge in [-0.25, -0.2) is 4.39 Å². The molecule has 5 nitrogen and oxygen atoms in total. The van der Waals surface area contributed by atoms with E-state index in [1.807, 2.05) is 6.07 Å².